The number of ether oxygens (including phenoxy) is 1. The first-order valence-corrected chi connectivity index (χ1v) is 10.3. The summed E-state index contributed by atoms with van der Waals surface area (Å²) in [6, 6.07) is 17.0. The maximum absolute atomic E-state index is 11.3. The maximum atomic E-state index is 11.3. The molecule has 0 saturated heterocycles. The van der Waals surface area contributed by atoms with Crippen LogP contribution in [0.2, 0.25) is 0 Å². The summed E-state index contributed by atoms with van der Waals surface area (Å²) in [6.45, 7) is 2.06. The highest BCUT2D eigenvalue weighted by molar-refractivity contribution is 5.96. The lowest BCUT2D eigenvalue weighted by molar-refractivity contribution is -0.144. The molecule has 0 unspecified atom stereocenters. The quantitative estimate of drug-likeness (QED) is 0.390. The molecule has 0 saturated carbocycles. The fourth-order valence-electron chi connectivity index (χ4n) is 3.58. The summed E-state index contributed by atoms with van der Waals surface area (Å²) < 4.78 is 7.56. The highest BCUT2D eigenvalue weighted by Crippen LogP contribution is 2.32. The number of rotatable bonds is 7. The molecule has 0 bridgehead atoms. The van der Waals surface area contributed by atoms with Gasteiger partial charge >= 0.3 is 5.97 Å². The van der Waals surface area contributed by atoms with Crippen molar-refractivity contribution in [3.8, 4) is 5.75 Å². The molecule has 9 heteroatoms. The Morgan fingerprint density at radius 1 is 1.12 bits per heavy atom. The van der Waals surface area contributed by atoms with E-state index in [9.17, 15) is 9.90 Å². The molecule has 0 amide bonds. The van der Waals surface area contributed by atoms with E-state index in [1.807, 2.05) is 53.3 Å². The number of carbonyl (C=O) groups is 1. The molecule has 9 nitrogen and oxygen atoms in total. The summed E-state index contributed by atoms with van der Waals surface area (Å²) in [6.07, 6.45) is 4.03. The van der Waals surface area contributed by atoms with Crippen LogP contribution in [0.1, 0.15) is 12.6 Å². The topological polar surface area (TPSA) is 115 Å². The first-order valence-electron chi connectivity index (χ1n) is 10.3. The number of aromatic nitrogens is 5. The third kappa shape index (κ3) is 4.16. The molecule has 3 aromatic heterocycles. The van der Waals surface area contributed by atoms with Crippen molar-refractivity contribution in [1.82, 2.24) is 24.7 Å². The van der Waals surface area contributed by atoms with Crippen LogP contribution in [0.4, 0.5) is 11.5 Å². The Balaban J connectivity index is 1.47. The third-order valence-corrected chi connectivity index (χ3v) is 5.22. The van der Waals surface area contributed by atoms with Crippen LogP contribution < -0.4 is 10.1 Å². The summed E-state index contributed by atoms with van der Waals surface area (Å²) in [5.74, 6) is -0.130. The third-order valence-electron chi connectivity index (χ3n) is 5.22. The zero-order chi connectivity index (χ0) is 22.8. The van der Waals surface area contributed by atoms with E-state index in [1.165, 1.54) is 13.3 Å². The number of carboxylic acid groups (broad SMARTS) is 1. The molecule has 33 heavy (non-hydrogen) atoms. The second-order valence-electron chi connectivity index (χ2n) is 7.49. The van der Waals surface area contributed by atoms with Gasteiger partial charge in [-0.3, -0.25) is 9.67 Å². The minimum Gasteiger partial charge on any atom is -0.479 e. The van der Waals surface area contributed by atoms with E-state index in [-0.39, 0.29) is 0 Å². The smallest absolute Gasteiger partial charge is 0.344 e. The molecule has 2 N–H and O–H groups in total. The summed E-state index contributed by atoms with van der Waals surface area (Å²) in [7, 11) is 0. The summed E-state index contributed by atoms with van der Waals surface area (Å²) in [5, 5.41) is 18.6. The van der Waals surface area contributed by atoms with Crippen LogP contribution in [-0.2, 0) is 11.3 Å². The summed E-state index contributed by atoms with van der Waals surface area (Å²) in [4.78, 5) is 24.3. The first kappa shape index (κ1) is 20.4. The SMILES string of the molecule is C[C@@H](Oc1cccc2ncnc(Nc3ccc4c(cnn4Cc4ccccn4)c3)c12)C(=O)O. The van der Waals surface area contributed by atoms with Gasteiger partial charge in [-0.05, 0) is 49.4 Å². The van der Waals surface area contributed by atoms with Crippen molar-refractivity contribution in [3.05, 3.63) is 79.0 Å². The Morgan fingerprint density at radius 2 is 2.03 bits per heavy atom. The van der Waals surface area contributed by atoms with Gasteiger partial charge in [-0.1, -0.05) is 12.1 Å². The molecule has 0 aliphatic carbocycles. The molecule has 5 aromatic rings. The molecule has 164 valence electrons. The van der Waals surface area contributed by atoms with Crippen molar-refractivity contribution in [2.75, 3.05) is 5.32 Å². The molecule has 0 aliphatic heterocycles. The average molecular weight is 440 g/mol. The van der Waals surface area contributed by atoms with Crippen LogP contribution in [0.15, 0.2) is 73.3 Å². The van der Waals surface area contributed by atoms with E-state index in [0.717, 1.165) is 22.3 Å². The summed E-state index contributed by atoms with van der Waals surface area (Å²) >= 11 is 0. The predicted octanol–water partition coefficient (Wildman–Crippen LogP) is 4.02. The van der Waals surface area contributed by atoms with Gasteiger partial charge in [0, 0.05) is 17.3 Å². The highest BCUT2D eigenvalue weighted by atomic mass is 16.5. The molecule has 1 atom stereocenters. The first-order chi connectivity index (χ1) is 16.1. The number of pyridine rings is 1. The van der Waals surface area contributed by atoms with Crippen LogP contribution in [0, 0.1) is 0 Å². The monoisotopic (exact) mass is 440 g/mol. The van der Waals surface area contributed by atoms with E-state index in [4.69, 9.17) is 4.74 Å². The van der Waals surface area contributed by atoms with E-state index in [1.54, 1.807) is 18.3 Å². The minimum atomic E-state index is -1.05. The second kappa shape index (κ2) is 8.54. The van der Waals surface area contributed by atoms with E-state index in [2.05, 4.69) is 25.4 Å². The molecule has 0 fully saturated rings. The van der Waals surface area contributed by atoms with Gasteiger partial charge in [0.05, 0.1) is 34.9 Å². The van der Waals surface area contributed by atoms with Crippen LogP contribution in [0.5, 0.6) is 5.75 Å². The highest BCUT2D eigenvalue weighted by Gasteiger charge is 2.17. The molecule has 2 aromatic carbocycles. The van der Waals surface area contributed by atoms with Crippen LogP contribution in [-0.4, -0.2) is 41.9 Å². The number of anilines is 2. The Morgan fingerprint density at radius 3 is 2.85 bits per heavy atom. The van der Waals surface area contributed by atoms with Crippen molar-refractivity contribution in [1.29, 1.82) is 0 Å². The van der Waals surface area contributed by atoms with Crippen LogP contribution in [0.3, 0.4) is 0 Å². The number of fused-ring (bicyclic) bond motifs is 2. The van der Waals surface area contributed by atoms with Gasteiger partial charge < -0.3 is 15.2 Å². The molecular formula is C24H20N6O3. The van der Waals surface area contributed by atoms with Gasteiger partial charge in [0.25, 0.3) is 0 Å². The number of nitrogens with zero attached hydrogens (tertiary/aromatic N) is 5. The number of benzene rings is 2. The lowest BCUT2D eigenvalue weighted by Crippen LogP contribution is -2.23. The fourth-order valence-corrected chi connectivity index (χ4v) is 3.58. The summed E-state index contributed by atoms with van der Waals surface area (Å²) in [5.41, 5.74) is 3.37. The van der Waals surface area contributed by atoms with E-state index >= 15 is 0 Å². The largest absolute Gasteiger partial charge is 0.479 e. The van der Waals surface area contributed by atoms with Crippen molar-refractivity contribution in [2.24, 2.45) is 0 Å². The number of hydrogen-bond acceptors (Lipinski definition) is 7. The van der Waals surface area contributed by atoms with Crippen LogP contribution >= 0.6 is 0 Å². The van der Waals surface area contributed by atoms with Gasteiger partial charge in [0.15, 0.2) is 6.10 Å². The lowest BCUT2D eigenvalue weighted by Gasteiger charge is -2.15. The average Bonchev–Trinajstić information content (AvgIpc) is 3.21. The Hall–Kier alpha value is -4.53. The van der Waals surface area contributed by atoms with Gasteiger partial charge in [0.2, 0.25) is 0 Å². The number of nitrogens with one attached hydrogen (secondary N) is 1. The van der Waals surface area contributed by atoms with Gasteiger partial charge in [-0.15, -0.1) is 0 Å². The van der Waals surface area contributed by atoms with E-state index in [0.29, 0.717) is 29.0 Å². The Labute approximate surface area is 188 Å². The fraction of sp³-hybridized carbons (Fsp3) is 0.125. The zero-order valence-electron chi connectivity index (χ0n) is 17.7. The molecule has 3 heterocycles. The molecule has 5 rings (SSSR count). The molecule has 0 aliphatic rings. The van der Waals surface area contributed by atoms with E-state index < -0.39 is 12.1 Å². The Bertz CT molecular complexity index is 1450. The van der Waals surface area contributed by atoms with Crippen molar-refractivity contribution < 1.29 is 14.6 Å². The van der Waals surface area contributed by atoms with Crippen molar-refractivity contribution in [3.63, 3.8) is 0 Å². The maximum Gasteiger partial charge on any atom is 0.344 e. The zero-order valence-corrected chi connectivity index (χ0v) is 17.7. The predicted molar refractivity (Wildman–Crippen MR) is 124 cm³/mol. The number of aliphatic carboxylic acids is 1. The normalized spacial score (nSPS) is 12.0. The van der Waals surface area contributed by atoms with Crippen molar-refractivity contribution >= 4 is 39.3 Å². The molecular weight excluding hydrogens is 420 g/mol. The number of hydrogen-bond donors (Lipinski definition) is 2. The lowest BCUT2D eigenvalue weighted by atomic mass is 10.2. The van der Waals surface area contributed by atoms with Crippen molar-refractivity contribution in [2.45, 2.75) is 19.6 Å². The Kier molecular flexibility index (Phi) is 5.27. The minimum absolute atomic E-state index is 0.398. The van der Waals surface area contributed by atoms with Gasteiger partial charge in [-0.25, -0.2) is 14.8 Å². The van der Waals surface area contributed by atoms with Crippen LogP contribution in [0.25, 0.3) is 21.8 Å². The molecule has 0 radical (unpaired) electrons. The molecule has 0 spiro atoms. The second-order valence-corrected chi connectivity index (χ2v) is 7.49. The van der Waals surface area contributed by atoms with Gasteiger partial charge in [-0.2, -0.15) is 5.10 Å². The van der Waals surface area contributed by atoms with Gasteiger partial charge in [0.1, 0.15) is 17.9 Å². The standard InChI is InChI=1S/C24H20N6O3/c1-15(24(31)32)33-21-7-4-6-19-22(21)23(27-14-26-19)29-17-8-9-20-16(11-17)12-28-30(20)13-18-5-2-3-10-25-18/h2-12,14-15H,13H2,1H3,(H,31,32)(H,26,27,29)/t15-/m1/s1. The number of carboxylic acids is 1.